The Balaban J connectivity index is 1.59. The molecule has 0 radical (unpaired) electrons. The summed E-state index contributed by atoms with van der Waals surface area (Å²) >= 11 is 12.5. The molecule has 8 heteroatoms. The first-order chi connectivity index (χ1) is 12.4. The fraction of sp³-hybridized carbons (Fsp3) is 0.389. The van der Waals surface area contributed by atoms with Gasteiger partial charge in [-0.05, 0) is 30.8 Å². The zero-order chi connectivity index (χ0) is 18.7. The summed E-state index contributed by atoms with van der Waals surface area (Å²) in [5.41, 5.74) is 0.892. The van der Waals surface area contributed by atoms with Gasteiger partial charge in [0.15, 0.2) is 0 Å². The maximum atomic E-state index is 12.6. The molecule has 5 nitrogen and oxygen atoms in total. The highest BCUT2D eigenvalue weighted by Crippen LogP contribution is 2.32. The molecule has 0 N–H and O–H groups in total. The monoisotopic (exact) mass is 409 g/mol. The average Bonchev–Trinajstić information content (AvgIpc) is 2.89. The lowest BCUT2D eigenvalue weighted by Gasteiger charge is -2.32. The summed E-state index contributed by atoms with van der Waals surface area (Å²) in [6.07, 6.45) is 2.10. The Kier molecular flexibility index (Phi) is 6.34. The highest BCUT2D eigenvalue weighted by Gasteiger charge is 2.32. The lowest BCUT2D eigenvalue weighted by Crippen LogP contribution is -2.47. The normalized spacial score (nSPS) is 20.3. The van der Waals surface area contributed by atoms with Crippen molar-refractivity contribution in [1.29, 1.82) is 0 Å². The quantitative estimate of drug-likeness (QED) is 0.565. The van der Waals surface area contributed by atoms with Gasteiger partial charge in [-0.3, -0.25) is 14.5 Å². The van der Waals surface area contributed by atoms with Crippen molar-refractivity contribution in [3.63, 3.8) is 0 Å². The van der Waals surface area contributed by atoms with Gasteiger partial charge in [0.1, 0.15) is 4.32 Å². The fourth-order valence-corrected chi connectivity index (χ4v) is 4.26. The van der Waals surface area contributed by atoms with Crippen molar-refractivity contribution in [2.75, 3.05) is 39.8 Å². The minimum Gasteiger partial charge on any atom is -0.340 e. The topological polar surface area (TPSA) is 43.9 Å². The van der Waals surface area contributed by atoms with Crippen molar-refractivity contribution >= 4 is 57.8 Å². The molecular weight excluding hydrogens is 390 g/mol. The largest absolute Gasteiger partial charge is 0.340 e. The lowest BCUT2D eigenvalue weighted by atomic mass is 10.2. The van der Waals surface area contributed by atoms with E-state index in [-0.39, 0.29) is 11.8 Å². The number of likely N-dealkylation sites (N-methyl/N-ethyl adjacent to an activating group) is 1. The minimum atomic E-state index is -0.138. The SMILES string of the molecule is CN1CCN(C(=O)CCN2C(=O)/C(=C\c3ccc(Cl)cc3)SC2=S)CC1. The summed E-state index contributed by atoms with van der Waals surface area (Å²) in [6, 6.07) is 7.27. The van der Waals surface area contributed by atoms with Gasteiger partial charge in [-0.15, -0.1) is 0 Å². The molecule has 0 spiro atoms. The second kappa shape index (κ2) is 8.52. The van der Waals surface area contributed by atoms with E-state index < -0.39 is 0 Å². The Morgan fingerprint density at radius 3 is 2.54 bits per heavy atom. The molecular formula is C18H20ClN3O2S2. The third-order valence-electron chi connectivity index (χ3n) is 4.45. The third kappa shape index (κ3) is 4.65. The van der Waals surface area contributed by atoms with Crippen molar-refractivity contribution in [1.82, 2.24) is 14.7 Å². The van der Waals surface area contributed by atoms with Gasteiger partial charge in [0.25, 0.3) is 5.91 Å². The Morgan fingerprint density at radius 1 is 1.23 bits per heavy atom. The Bertz CT molecular complexity index is 743. The van der Waals surface area contributed by atoms with E-state index in [0.29, 0.717) is 27.2 Å². The smallest absolute Gasteiger partial charge is 0.266 e. The van der Waals surface area contributed by atoms with Crippen LogP contribution in [0.1, 0.15) is 12.0 Å². The first-order valence-electron chi connectivity index (χ1n) is 8.41. The standard InChI is InChI=1S/C18H20ClN3O2S2/c1-20-8-10-21(11-9-20)16(23)6-7-22-17(24)15(26-18(22)25)12-13-2-4-14(19)5-3-13/h2-5,12H,6-11H2,1H3/b15-12+. The van der Waals surface area contributed by atoms with E-state index in [1.165, 1.54) is 16.7 Å². The molecule has 0 unspecified atom stereocenters. The van der Waals surface area contributed by atoms with Crippen LogP contribution in [0.3, 0.4) is 0 Å². The molecule has 2 aliphatic heterocycles. The van der Waals surface area contributed by atoms with Crippen LogP contribution < -0.4 is 0 Å². The molecule has 0 aliphatic carbocycles. The van der Waals surface area contributed by atoms with Crippen LogP contribution in [-0.4, -0.2) is 70.6 Å². The summed E-state index contributed by atoms with van der Waals surface area (Å²) in [5.74, 6) is -0.0602. The molecule has 2 aliphatic rings. The van der Waals surface area contributed by atoms with Crippen LogP contribution >= 0.6 is 35.6 Å². The van der Waals surface area contributed by atoms with Gasteiger partial charge in [-0.1, -0.05) is 47.7 Å². The molecule has 2 amide bonds. The third-order valence-corrected chi connectivity index (χ3v) is 6.08. The summed E-state index contributed by atoms with van der Waals surface area (Å²) in [6.45, 7) is 3.58. The van der Waals surface area contributed by atoms with Crippen LogP contribution in [0.2, 0.25) is 5.02 Å². The van der Waals surface area contributed by atoms with Crippen molar-refractivity contribution in [3.8, 4) is 0 Å². The van der Waals surface area contributed by atoms with Crippen molar-refractivity contribution in [3.05, 3.63) is 39.8 Å². The molecule has 2 saturated heterocycles. The van der Waals surface area contributed by atoms with Crippen LogP contribution in [0.5, 0.6) is 0 Å². The first-order valence-corrected chi connectivity index (χ1v) is 10.0. The Labute approximate surface area is 167 Å². The van der Waals surface area contributed by atoms with Crippen molar-refractivity contribution < 1.29 is 9.59 Å². The van der Waals surface area contributed by atoms with E-state index in [0.717, 1.165) is 31.7 Å². The summed E-state index contributed by atoms with van der Waals surface area (Å²) in [5, 5.41) is 0.650. The van der Waals surface area contributed by atoms with E-state index in [2.05, 4.69) is 11.9 Å². The molecule has 1 aromatic carbocycles. The fourth-order valence-electron chi connectivity index (χ4n) is 2.82. The van der Waals surface area contributed by atoms with Gasteiger partial charge in [0.05, 0.1) is 4.91 Å². The van der Waals surface area contributed by atoms with Gasteiger partial charge in [-0.2, -0.15) is 0 Å². The van der Waals surface area contributed by atoms with E-state index in [9.17, 15) is 9.59 Å². The molecule has 2 fully saturated rings. The van der Waals surface area contributed by atoms with Gasteiger partial charge < -0.3 is 9.80 Å². The van der Waals surface area contributed by atoms with Crippen molar-refractivity contribution in [2.45, 2.75) is 6.42 Å². The number of hydrogen-bond acceptors (Lipinski definition) is 5. The maximum absolute atomic E-state index is 12.6. The summed E-state index contributed by atoms with van der Waals surface area (Å²) in [4.78, 5) is 31.1. The number of piperazine rings is 1. The van der Waals surface area contributed by atoms with E-state index in [1.54, 1.807) is 18.2 Å². The zero-order valence-corrected chi connectivity index (χ0v) is 16.9. The molecule has 26 heavy (non-hydrogen) atoms. The van der Waals surface area contributed by atoms with Crippen molar-refractivity contribution in [2.24, 2.45) is 0 Å². The number of thioether (sulfide) groups is 1. The van der Waals surface area contributed by atoms with Crippen LogP contribution in [0.4, 0.5) is 0 Å². The summed E-state index contributed by atoms with van der Waals surface area (Å²) in [7, 11) is 2.05. The highest BCUT2D eigenvalue weighted by atomic mass is 35.5. The van der Waals surface area contributed by atoms with E-state index in [1.807, 2.05) is 17.0 Å². The number of halogens is 1. The maximum Gasteiger partial charge on any atom is 0.266 e. The number of rotatable bonds is 4. The summed E-state index contributed by atoms with van der Waals surface area (Å²) < 4.78 is 0.501. The Hall–Kier alpha value is -1.41. The second-order valence-electron chi connectivity index (χ2n) is 6.32. The number of hydrogen-bond donors (Lipinski definition) is 0. The van der Waals surface area contributed by atoms with Gasteiger partial charge in [-0.25, -0.2) is 0 Å². The number of benzene rings is 1. The molecule has 1 aromatic rings. The van der Waals surface area contributed by atoms with Gasteiger partial charge >= 0.3 is 0 Å². The second-order valence-corrected chi connectivity index (χ2v) is 8.43. The van der Waals surface area contributed by atoms with Crippen LogP contribution in [0, 0.1) is 0 Å². The van der Waals surface area contributed by atoms with E-state index >= 15 is 0 Å². The predicted molar refractivity (Wildman–Crippen MR) is 110 cm³/mol. The number of nitrogens with zero attached hydrogens (tertiary/aromatic N) is 3. The molecule has 2 heterocycles. The van der Waals surface area contributed by atoms with Crippen LogP contribution in [0.25, 0.3) is 6.08 Å². The molecule has 3 rings (SSSR count). The van der Waals surface area contributed by atoms with Gasteiger partial charge in [0, 0.05) is 44.2 Å². The number of amides is 2. The lowest BCUT2D eigenvalue weighted by molar-refractivity contribution is -0.133. The zero-order valence-electron chi connectivity index (χ0n) is 14.5. The average molecular weight is 410 g/mol. The molecule has 0 aromatic heterocycles. The molecule has 0 bridgehead atoms. The first kappa shape index (κ1) is 19.4. The highest BCUT2D eigenvalue weighted by molar-refractivity contribution is 8.26. The van der Waals surface area contributed by atoms with Crippen LogP contribution in [-0.2, 0) is 9.59 Å². The minimum absolute atomic E-state index is 0.0776. The molecule has 0 saturated carbocycles. The predicted octanol–water partition coefficient (Wildman–Crippen LogP) is 2.71. The Morgan fingerprint density at radius 2 is 1.88 bits per heavy atom. The van der Waals surface area contributed by atoms with Crippen LogP contribution in [0.15, 0.2) is 29.2 Å². The number of thiocarbonyl (C=S) groups is 1. The van der Waals surface area contributed by atoms with Gasteiger partial charge in [0.2, 0.25) is 5.91 Å². The molecule has 0 atom stereocenters. The molecule has 138 valence electrons. The number of carbonyl (C=O) groups is 2. The van der Waals surface area contributed by atoms with E-state index in [4.69, 9.17) is 23.8 Å². The number of carbonyl (C=O) groups excluding carboxylic acids is 2.